The number of hydrogen-bond donors (Lipinski definition) is 0. The van der Waals surface area contributed by atoms with E-state index in [4.69, 9.17) is 14.2 Å². The molecule has 6 nitrogen and oxygen atoms in total. The molecule has 0 N–H and O–H groups in total. The van der Waals surface area contributed by atoms with Gasteiger partial charge in [-0.3, -0.25) is 9.59 Å². The quantitative estimate of drug-likeness (QED) is 0.668. The van der Waals surface area contributed by atoms with Crippen molar-refractivity contribution in [3.63, 3.8) is 0 Å². The number of carbonyl (C=O) groups is 1. The third kappa shape index (κ3) is 2.56. The van der Waals surface area contributed by atoms with Crippen molar-refractivity contribution >= 4 is 16.9 Å². The predicted octanol–water partition coefficient (Wildman–Crippen LogP) is 3.00. The maximum absolute atomic E-state index is 13.2. The van der Waals surface area contributed by atoms with Crippen molar-refractivity contribution in [1.82, 2.24) is 4.57 Å². The van der Waals surface area contributed by atoms with Gasteiger partial charge in [0.2, 0.25) is 0 Å². The Bertz CT molecular complexity index is 1120. The van der Waals surface area contributed by atoms with Crippen molar-refractivity contribution in [2.45, 2.75) is 12.3 Å². The highest BCUT2D eigenvalue weighted by Crippen LogP contribution is 2.45. The van der Waals surface area contributed by atoms with Crippen LogP contribution < -0.4 is 19.8 Å². The summed E-state index contributed by atoms with van der Waals surface area (Å²) in [7, 11) is 4.82. The van der Waals surface area contributed by atoms with E-state index in [0.717, 1.165) is 10.9 Å². The molecule has 6 heteroatoms. The van der Waals surface area contributed by atoms with E-state index in [2.05, 4.69) is 0 Å². The zero-order valence-electron chi connectivity index (χ0n) is 15.3. The largest absolute Gasteiger partial charge is 0.493 e. The minimum Gasteiger partial charge on any atom is -0.493 e. The number of methoxy groups -OCH3 is 2. The van der Waals surface area contributed by atoms with E-state index in [9.17, 15) is 9.59 Å². The van der Waals surface area contributed by atoms with E-state index >= 15 is 0 Å². The van der Waals surface area contributed by atoms with Crippen LogP contribution in [0.5, 0.6) is 17.2 Å². The fraction of sp³-hybridized carbons (Fsp3) is 0.238. The van der Waals surface area contributed by atoms with E-state index in [1.54, 1.807) is 31.9 Å². The van der Waals surface area contributed by atoms with E-state index < -0.39 is 5.92 Å². The molecule has 1 aliphatic heterocycles. The molecule has 2 heterocycles. The van der Waals surface area contributed by atoms with Crippen LogP contribution in [0.4, 0.5) is 0 Å². The molecule has 0 unspecified atom stereocenters. The highest BCUT2D eigenvalue weighted by atomic mass is 16.5. The molecule has 0 saturated carbocycles. The molecule has 0 amide bonds. The third-order valence-electron chi connectivity index (χ3n) is 5.03. The minimum absolute atomic E-state index is 0.0596. The molecule has 3 aromatic rings. The number of rotatable bonds is 3. The summed E-state index contributed by atoms with van der Waals surface area (Å²) < 4.78 is 18.1. The monoisotopic (exact) mass is 365 g/mol. The summed E-state index contributed by atoms with van der Waals surface area (Å²) in [6, 6.07) is 12.8. The Morgan fingerprint density at radius 1 is 1.04 bits per heavy atom. The number of aryl methyl sites for hydroxylation is 1. The van der Waals surface area contributed by atoms with Crippen molar-refractivity contribution in [3.8, 4) is 17.2 Å². The van der Waals surface area contributed by atoms with Crippen LogP contribution in [0, 0.1) is 0 Å². The molecule has 1 aliphatic rings. The standard InChI is InChI=1S/C21H19NO5/c1-22-15-9-5-4-7-13(15)20-18(21(22)24)14(11-17(23)27-20)12-8-6-10-16(25-2)19(12)26-3/h4-10,14H,11H2,1-3H3/t14-/m0/s1. The number of carbonyl (C=O) groups excluding carboxylic acids is 1. The topological polar surface area (TPSA) is 66.8 Å². The molecule has 0 radical (unpaired) electrons. The number of fused-ring (bicyclic) bond motifs is 3. The molecule has 0 fully saturated rings. The molecule has 1 aromatic heterocycles. The number of hydrogen-bond acceptors (Lipinski definition) is 5. The van der Waals surface area contributed by atoms with Gasteiger partial charge < -0.3 is 18.8 Å². The van der Waals surface area contributed by atoms with Crippen LogP contribution in [0.25, 0.3) is 10.9 Å². The van der Waals surface area contributed by atoms with E-state index in [0.29, 0.717) is 28.3 Å². The lowest BCUT2D eigenvalue weighted by molar-refractivity contribution is -0.135. The molecular weight excluding hydrogens is 346 g/mol. The predicted molar refractivity (Wildman–Crippen MR) is 101 cm³/mol. The van der Waals surface area contributed by atoms with Gasteiger partial charge in [0.15, 0.2) is 11.5 Å². The lowest BCUT2D eigenvalue weighted by Gasteiger charge is -2.27. The Balaban J connectivity index is 2.06. The Labute approximate surface area is 155 Å². The highest BCUT2D eigenvalue weighted by Gasteiger charge is 2.35. The van der Waals surface area contributed by atoms with Crippen LogP contribution in [0.3, 0.4) is 0 Å². The molecule has 2 aromatic carbocycles. The van der Waals surface area contributed by atoms with Crippen LogP contribution in [0.15, 0.2) is 47.3 Å². The summed E-state index contributed by atoms with van der Waals surface area (Å²) in [5.41, 5.74) is 1.71. The summed E-state index contributed by atoms with van der Waals surface area (Å²) in [5.74, 6) is 0.541. The number of benzene rings is 2. The van der Waals surface area contributed by atoms with Gasteiger partial charge in [-0.1, -0.05) is 24.3 Å². The van der Waals surface area contributed by atoms with Crippen molar-refractivity contribution in [2.75, 3.05) is 14.2 Å². The summed E-state index contributed by atoms with van der Waals surface area (Å²) in [6.07, 6.45) is 0.0596. The number of nitrogens with zero attached hydrogens (tertiary/aromatic N) is 1. The first-order valence-corrected chi connectivity index (χ1v) is 8.60. The van der Waals surface area contributed by atoms with Crippen LogP contribution in [-0.2, 0) is 11.8 Å². The summed E-state index contributed by atoms with van der Waals surface area (Å²) in [6.45, 7) is 0. The van der Waals surface area contributed by atoms with Crippen LogP contribution in [0.2, 0.25) is 0 Å². The van der Waals surface area contributed by atoms with Gasteiger partial charge in [0.05, 0.1) is 31.7 Å². The molecule has 138 valence electrons. The average molecular weight is 365 g/mol. The van der Waals surface area contributed by atoms with Gasteiger partial charge >= 0.3 is 5.97 Å². The summed E-state index contributed by atoms with van der Waals surface area (Å²) in [5, 5.41) is 0.731. The number of esters is 1. The van der Waals surface area contributed by atoms with Crippen LogP contribution in [-0.4, -0.2) is 24.8 Å². The average Bonchev–Trinajstić information content (AvgIpc) is 2.70. The molecule has 0 bridgehead atoms. The lowest BCUT2D eigenvalue weighted by atomic mass is 9.85. The lowest BCUT2D eigenvalue weighted by Crippen LogP contribution is -2.31. The van der Waals surface area contributed by atoms with Gasteiger partial charge in [-0.15, -0.1) is 0 Å². The SMILES string of the molecule is COc1cccc([C@@H]2CC(=O)Oc3c2c(=O)n(C)c2ccccc32)c1OC. The second kappa shape index (κ2) is 6.46. The first kappa shape index (κ1) is 17.1. The molecular formula is C21H19NO5. The number of para-hydroxylation sites is 2. The first-order valence-electron chi connectivity index (χ1n) is 8.60. The molecule has 27 heavy (non-hydrogen) atoms. The maximum Gasteiger partial charge on any atom is 0.312 e. The normalized spacial score (nSPS) is 16.0. The molecule has 0 spiro atoms. The molecule has 1 atom stereocenters. The maximum atomic E-state index is 13.2. The van der Waals surface area contributed by atoms with Crippen molar-refractivity contribution in [1.29, 1.82) is 0 Å². The van der Waals surface area contributed by atoms with Crippen molar-refractivity contribution in [2.24, 2.45) is 7.05 Å². The Hall–Kier alpha value is -3.28. The second-order valence-electron chi connectivity index (χ2n) is 6.44. The molecule has 0 saturated heterocycles. The number of aromatic nitrogens is 1. The molecule has 0 aliphatic carbocycles. The second-order valence-corrected chi connectivity index (χ2v) is 6.44. The Kier molecular flexibility index (Phi) is 4.11. The van der Waals surface area contributed by atoms with E-state index in [1.807, 2.05) is 36.4 Å². The minimum atomic E-state index is -0.477. The van der Waals surface area contributed by atoms with Crippen LogP contribution in [0.1, 0.15) is 23.5 Å². The zero-order chi connectivity index (χ0) is 19.1. The van der Waals surface area contributed by atoms with Crippen molar-refractivity contribution in [3.05, 3.63) is 63.9 Å². The zero-order valence-corrected chi connectivity index (χ0v) is 15.3. The van der Waals surface area contributed by atoms with Gasteiger partial charge in [0.25, 0.3) is 5.56 Å². The van der Waals surface area contributed by atoms with E-state index in [1.165, 1.54) is 0 Å². The van der Waals surface area contributed by atoms with E-state index in [-0.39, 0.29) is 17.9 Å². The summed E-state index contributed by atoms with van der Waals surface area (Å²) in [4.78, 5) is 25.6. The van der Waals surface area contributed by atoms with Gasteiger partial charge in [-0.25, -0.2) is 0 Å². The van der Waals surface area contributed by atoms with Gasteiger partial charge in [0, 0.05) is 23.9 Å². The smallest absolute Gasteiger partial charge is 0.312 e. The fourth-order valence-electron chi connectivity index (χ4n) is 3.78. The summed E-state index contributed by atoms with van der Waals surface area (Å²) >= 11 is 0. The third-order valence-corrected chi connectivity index (χ3v) is 5.03. The van der Waals surface area contributed by atoms with Gasteiger partial charge in [-0.05, 0) is 18.2 Å². The Morgan fingerprint density at radius 2 is 1.81 bits per heavy atom. The first-order chi connectivity index (χ1) is 13.1. The number of pyridine rings is 1. The number of ether oxygens (including phenoxy) is 3. The van der Waals surface area contributed by atoms with Gasteiger partial charge in [0.1, 0.15) is 5.75 Å². The van der Waals surface area contributed by atoms with Crippen LogP contribution >= 0.6 is 0 Å². The molecule has 4 rings (SSSR count). The fourth-order valence-corrected chi connectivity index (χ4v) is 3.78. The van der Waals surface area contributed by atoms with Gasteiger partial charge in [-0.2, -0.15) is 0 Å². The van der Waals surface area contributed by atoms with Crippen molar-refractivity contribution < 1.29 is 19.0 Å². The highest BCUT2D eigenvalue weighted by molar-refractivity contribution is 5.91. The Morgan fingerprint density at radius 3 is 2.56 bits per heavy atom.